The second kappa shape index (κ2) is 4.19. The number of hydrogen-bond acceptors (Lipinski definition) is 2. The van der Waals surface area contributed by atoms with Gasteiger partial charge in [-0.1, -0.05) is 20.8 Å². The van der Waals surface area contributed by atoms with Gasteiger partial charge in [-0.15, -0.1) is 0 Å². The lowest BCUT2D eigenvalue weighted by atomic mass is 10.1. The summed E-state index contributed by atoms with van der Waals surface area (Å²) in [5.41, 5.74) is 2.21. The van der Waals surface area contributed by atoms with Crippen LogP contribution in [-0.4, -0.2) is 9.97 Å². The molecule has 1 aromatic rings. The van der Waals surface area contributed by atoms with Crippen molar-refractivity contribution < 1.29 is 0 Å². The Bertz CT molecular complexity index is 245. The van der Waals surface area contributed by atoms with Crippen molar-refractivity contribution in [1.29, 1.82) is 0 Å². The Morgan fingerprint density at radius 1 is 1.33 bits per heavy atom. The van der Waals surface area contributed by atoms with E-state index in [4.69, 9.17) is 0 Å². The summed E-state index contributed by atoms with van der Waals surface area (Å²) in [6, 6.07) is 0. The first kappa shape index (κ1) is 9.17. The van der Waals surface area contributed by atoms with Crippen LogP contribution in [0, 0.1) is 0 Å². The molecule has 0 saturated carbocycles. The van der Waals surface area contributed by atoms with Crippen molar-refractivity contribution in [2.45, 2.75) is 39.5 Å². The smallest absolute Gasteiger partial charge is 0.0618 e. The van der Waals surface area contributed by atoms with E-state index in [0.717, 1.165) is 24.2 Å². The molecule has 1 aromatic heterocycles. The van der Waals surface area contributed by atoms with E-state index < -0.39 is 0 Å². The second-order valence-electron chi connectivity index (χ2n) is 3.10. The summed E-state index contributed by atoms with van der Waals surface area (Å²) in [7, 11) is 0. The summed E-state index contributed by atoms with van der Waals surface area (Å²) < 4.78 is 0. The van der Waals surface area contributed by atoms with Crippen molar-refractivity contribution in [3.63, 3.8) is 0 Å². The molecule has 1 heterocycles. The molecule has 1 atom stereocenters. The maximum atomic E-state index is 4.50. The molecular formula is C10H16N2. The van der Waals surface area contributed by atoms with E-state index in [1.54, 1.807) is 0 Å². The van der Waals surface area contributed by atoms with Gasteiger partial charge in [-0.2, -0.15) is 0 Å². The predicted octanol–water partition coefficient (Wildman–Crippen LogP) is 2.55. The van der Waals surface area contributed by atoms with Crippen LogP contribution in [0.1, 0.15) is 44.5 Å². The van der Waals surface area contributed by atoms with Gasteiger partial charge in [-0.25, -0.2) is 0 Å². The van der Waals surface area contributed by atoms with Gasteiger partial charge in [0.05, 0.1) is 11.4 Å². The Labute approximate surface area is 74.1 Å². The molecule has 0 fully saturated rings. The fraction of sp³-hybridized carbons (Fsp3) is 0.600. The maximum Gasteiger partial charge on any atom is 0.0618 e. The predicted molar refractivity (Wildman–Crippen MR) is 50.1 cm³/mol. The van der Waals surface area contributed by atoms with Crippen molar-refractivity contribution in [2.24, 2.45) is 0 Å². The van der Waals surface area contributed by atoms with E-state index in [2.05, 4.69) is 30.7 Å². The van der Waals surface area contributed by atoms with Gasteiger partial charge in [0.1, 0.15) is 0 Å². The van der Waals surface area contributed by atoms with Gasteiger partial charge in [0, 0.05) is 12.4 Å². The molecule has 0 amide bonds. The molecule has 0 N–H and O–H groups in total. The molecular weight excluding hydrogens is 148 g/mol. The van der Waals surface area contributed by atoms with E-state index in [1.165, 1.54) is 0 Å². The normalized spacial score (nSPS) is 12.9. The fourth-order valence-electron chi connectivity index (χ4n) is 1.04. The lowest BCUT2D eigenvalue weighted by molar-refractivity contribution is 0.695. The lowest BCUT2D eigenvalue weighted by Gasteiger charge is -2.07. The van der Waals surface area contributed by atoms with Gasteiger partial charge in [0.2, 0.25) is 0 Å². The first-order valence-electron chi connectivity index (χ1n) is 4.58. The zero-order chi connectivity index (χ0) is 8.97. The van der Waals surface area contributed by atoms with Crippen LogP contribution >= 0.6 is 0 Å². The largest absolute Gasteiger partial charge is 0.261 e. The number of aromatic nitrogens is 2. The molecule has 0 spiro atoms. The molecule has 0 aromatic carbocycles. The molecule has 2 heteroatoms. The van der Waals surface area contributed by atoms with E-state index in [9.17, 15) is 0 Å². The third-order valence-electron chi connectivity index (χ3n) is 2.18. The Morgan fingerprint density at radius 3 is 2.67 bits per heavy atom. The Hall–Kier alpha value is -0.920. The zero-order valence-corrected chi connectivity index (χ0v) is 8.04. The van der Waals surface area contributed by atoms with E-state index in [0.29, 0.717) is 5.92 Å². The fourth-order valence-corrected chi connectivity index (χ4v) is 1.04. The highest BCUT2D eigenvalue weighted by Crippen LogP contribution is 2.14. The minimum atomic E-state index is 0.531. The van der Waals surface area contributed by atoms with Crippen LogP contribution in [0.5, 0.6) is 0 Å². The van der Waals surface area contributed by atoms with Crippen molar-refractivity contribution in [2.75, 3.05) is 0 Å². The van der Waals surface area contributed by atoms with Gasteiger partial charge < -0.3 is 0 Å². The first-order valence-corrected chi connectivity index (χ1v) is 4.58. The highest BCUT2D eigenvalue weighted by atomic mass is 14.8. The maximum absolute atomic E-state index is 4.50. The number of rotatable bonds is 3. The highest BCUT2D eigenvalue weighted by molar-refractivity contribution is 5.07. The molecule has 0 bridgehead atoms. The van der Waals surface area contributed by atoms with Crippen LogP contribution in [0.25, 0.3) is 0 Å². The third kappa shape index (κ3) is 2.03. The average Bonchev–Trinajstić information content (AvgIpc) is 2.17. The summed E-state index contributed by atoms with van der Waals surface area (Å²) in [4.78, 5) is 8.66. The van der Waals surface area contributed by atoms with Gasteiger partial charge in [-0.3, -0.25) is 9.97 Å². The van der Waals surface area contributed by atoms with Crippen molar-refractivity contribution in [1.82, 2.24) is 9.97 Å². The van der Waals surface area contributed by atoms with E-state index in [-0.39, 0.29) is 0 Å². The summed E-state index contributed by atoms with van der Waals surface area (Å²) >= 11 is 0. The Morgan fingerprint density at radius 2 is 2.08 bits per heavy atom. The number of hydrogen-bond donors (Lipinski definition) is 0. The van der Waals surface area contributed by atoms with Crippen LogP contribution in [-0.2, 0) is 6.42 Å². The molecule has 0 aliphatic rings. The quantitative estimate of drug-likeness (QED) is 0.686. The van der Waals surface area contributed by atoms with Crippen LogP contribution in [0.15, 0.2) is 12.4 Å². The Balaban J connectivity index is 2.86. The molecule has 2 nitrogen and oxygen atoms in total. The molecule has 0 aliphatic carbocycles. The van der Waals surface area contributed by atoms with Crippen molar-refractivity contribution >= 4 is 0 Å². The minimum absolute atomic E-state index is 0.531. The van der Waals surface area contributed by atoms with Crippen LogP contribution < -0.4 is 0 Å². The molecule has 0 aliphatic heterocycles. The second-order valence-corrected chi connectivity index (χ2v) is 3.10. The first-order chi connectivity index (χ1) is 5.77. The van der Waals surface area contributed by atoms with Crippen molar-refractivity contribution in [3.05, 3.63) is 23.8 Å². The number of aryl methyl sites for hydroxylation is 1. The third-order valence-corrected chi connectivity index (χ3v) is 2.18. The molecule has 0 saturated heterocycles. The number of nitrogens with zero attached hydrogens (tertiary/aromatic N) is 2. The monoisotopic (exact) mass is 164 g/mol. The van der Waals surface area contributed by atoms with Gasteiger partial charge in [-0.05, 0) is 18.8 Å². The average molecular weight is 164 g/mol. The minimum Gasteiger partial charge on any atom is -0.261 e. The van der Waals surface area contributed by atoms with Crippen LogP contribution in [0.4, 0.5) is 0 Å². The van der Waals surface area contributed by atoms with E-state index >= 15 is 0 Å². The summed E-state index contributed by atoms with van der Waals surface area (Å²) in [6.45, 7) is 6.46. The van der Waals surface area contributed by atoms with E-state index in [1.807, 2.05) is 12.4 Å². The topological polar surface area (TPSA) is 25.8 Å². The summed E-state index contributed by atoms with van der Waals surface area (Å²) in [5, 5.41) is 0. The molecule has 1 rings (SSSR count). The van der Waals surface area contributed by atoms with Gasteiger partial charge in [0.15, 0.2) is 0 Å². The lowest BCUT2D eigenvalue weighted by Crippen LogP contribution is -1.99. The molecule has 12 heavy (non-hydrogen) atoms. The molecule has 0 radical (unpaired) electrons. The van der Waals surface area contributed by atoms with Crippen LogP contribution in [0.2, 0.25) is 0 Å². The standard InChI is InChI=1S/C10H16N2/c1-4-8(3)10-7-11-6-9(5-2)12-10/h6-8H,4-5H2,1-3H3. The molecule has 66 valence electrons. The SMILES string of the molecule is CCc1cncc(C(C)CC)n1. The Kier molecular flexibility index (Phi) is 3.20. The van der Waals surface area contributed by atoms with Crippen molar-refractivity contribution in [3.8, 4) is 0 Å². The summed E-state index contributed by atoms with van der Waals surface area (Å²) in [6.07, 6.45) is 5.80. The van der Waals surface area contributed by atoms with Crippen LogP contribution in [0.3, 0.4) is 0 Å². The highest BCUT2D eigenvalue weighted by Gasteiger charge is 2.04. The molecule has 1 unspecified atom stereocenters. The van der Waals surface area contributed by atoms with Gasteiger partial charge >= 0.3 is 0 Å². The zero-order valence-electron chi connectivity index (χ0n) is 8.04. The van der Waals surface area contributed by atoms with Gasteiger partial charge in [0.25, 0.3) is 0 Å². The summed E-state index contributed by atoms with van der Waals surface area (Å²) in [5.74, 6) is 0.531.